The lowest BCUT2D eigenvalue weighted by atomic mass is 10.2. The molecule has 4 aromatic rings. The van der Waals surface area contributed by atoms with Crippen molar-refractivity contribution >= 4 is 39.4 Å². The first-order chi connectivity index (χ1) is 19.2. The summed E-state index contributed by atoms with van der Waals surface area (Å²) in [5, 5.41) is 4.64. The van der Waals surface area contributed by atoms with Crippen LogP contribution >= 0.6 is 11.6 Å². The SMILES string of the molecule is COc1ccc(S(=O)(=O)N(CC(=O)N/N=C\c2ccc(OCc3cccc(Cl)c3)cc2)c2ccc(C)cc2)cc1. The fourth-order valence-electron chi connectivity index (χ4n) is 3.69. The molecule has 4 rings (SSSR count). The Labute approximate surface area is 238 Å². The van der Waals surface area contributed by atoms with E-state index in [1.165, 1.54) is 25.5 Å². The fourth-order valence-corrected chi connectivity index (χ4v) is 5.32. The van der Waals surface area contributed by atoms with Crippen LogP contribution in [-0.2, 0) is 21.4 Å². The van der Waals surface area contributed by atoms with Gasteiger partial charge in [0.05, 0.1) is 23.9 Å². The van der Waals surface area contributed by atoms with Crippen LogP contribution in [0.3, 0.4) is 0 Å². The molecular weight excluding hydrogens is 550 g/mol. The molecule has 0 saturated heterocycles. The van der Waals surface area contributed by atoms with Crippen molar-refractivity contribution in [1.82, 2.24) is 5.43 Å². The Kier molecular flexibility index (Phi) is 9.42. The Hall–Kier alpha value is -4.34. The van der Waals surface area contributed by atoms with Gasteiger partial charge in [0.2, 0.25) is 0 Å². The second kappa shape index (κ2) is 13.1. The number of anilines is 1. The Bertz CT molecular complexity index is 1570. The molecular formula is C30H28ClN3O5S. The number of nitrogens with one attached hydrogen (secondary N) is 1. The lowest BCUT2D eigenvalue weighted by Gasteiger charge is -2.24. The van der Waals surface area contributed by atoms with Gasteiger partial charge in [-0.25, -0.2) is 13.8 Å². The standard InChI is InChI=1S/C30H28ClN3O5S/c1-22-6-10-26(11-7-22)34(40(36,37)29-16-14-27(38-2)15-17-29)20-30(35)33-32-19-23-8-12-28(13-9-23)39-21-24-4-3-5-25(31)18-24/h3-19H,20-21H2,1-2H3,(H,33,35)/b32-19-. The van der Waals surface area contributed by atoms with Gasteiger partial charge in [-0.1, -0.05) is 41.4 Å². The topological polar surface area (TPSA) is 97.3 Å². The molecule has 206 valence electrons. The van der Waals surface area contributed by atoms with Crippen molar-refractivity contribution in [3.05, 3.63) is 119 Å². The Morgan fingerprint density at radius 1 is 0.950 bits per heavy atom. The average Bonchev–Trinajstić information content (AvgIpc) is 2.96. The van der Waals surface area contributed by atoms with E-state index in [1.54, 1.807) is 66.7 Å². The van der Waals surface area contributed by atoms with Gasteiger partial charge in [0.15, 0.2) is 0 Å². The lowest BCUT2D eigenvalue weighted by Crippen LogP contribution is -2.39. The number of ether oxygens (including phenoxy) is 2. The number of hydrazone groups is 1. The van der Waals surface area contributed by atoms with Gasteiger partial charge < -0.3 is 9.47 Å². The van der Waals surface area contributed by atoms with Gasteiger partial charge in [-0.15, -0.1) is 0 Å². The zero-order valence-electron chi connectivity index (χ0n) is 22.0. The maximum atomic E-state index is 13.5. The highest BCUT2D eigenvalue weighted by atomic mass is 35.5. The lowest BCUT2D eigenvalue weighted by molar-refractivity contribution is -0.119. The van der Waals surface area contributed by atoms with E-state index < -0.39 is 22.5 Å². The molecule has 0 aliphatic rings. The number of amides is 1. The van der Waals surface area contributed by atoms with Crippen LogP contribution in [0, 0.1) is 6.92 Å². The second-order valence-electron chi connectivity index (χ2n) is 8.80. The van der Waals surface area contributed by atoms with E-state index in [4.69, 9.17) is 21.1 Å². The first kappa shape index (κ1) is 28.7. The van der Waals surface area contributed by atoms with E-state index in [2.05, 4.69) is 10.5 Å². The molecule has 1 amide bonds. The van der Waals surface area contributed by atoms with E-state index in [1.807, 2.05) is 25.1 Å². The number of halogens is 1. The summed E-state index contributed by atoms with van der Waals surface area (Å²) in [6.45, 7) is 1.80. The van der Waals surface area contributed by atoms with Gasteiger partial charge in [-0.05, 0) is 90.8 Å². The molecule has 8 nitrogen and oxygen atoms in total. The fraction of sp³-hybridized carbons (Fsp3) is 0.133. The zero-order valence-corrected chi connectivity index (χ0v) is 23.5. The Morgan fingerprint density at radius 2 is 1.62 bits per heavy atom. The minimum absolute atomic E-state index is 0.0304. The summed E-state index contributed by atoms with van der Waals surface area (Å²) in [6, 6.07) is 27.4. The van der Waals surface area contributed by atoms with Crippen molar-refractivity contribution in [3.63, 3.8) is 0 Å². The van der Waals surface area contributed by atoms with E-state index in [9.17, 15) is 13.2 Å². The highest BCUT2D eigenvalue weighted by Crippen LogP contribution is 2.25. The van der Waals surface area contributed by atoms with Crippen molar-refractivity contribution in [2.24, 2.45) is 5.10 Å². The summed E-state index contributed by atoms with van der Waals surface area (Å²) >= 11 is 6.01. The summed E-state index contributed by atoms with van der Waals surface area (Å²) in [7, 11) is -2.56. The molecule has 1 N–H and O–H groups in total. The van der Waals surface area contributed by atoms with Gasteiger partial charge >= 0.3 is 0 Å². The molecule has 0 spiro atoms. The third-order valence-electron chi connectivity index (χ3n) is 5.83. The predicted octanol–water partition coefficient (Wildman–Crippen LogP) is 5.58. The molecule has 0 radical (unpaired) electrons. The average molecular weight is 578 g/mol. The van der Waals surface area contributed by atoms with Crippen LogP contribution in [0.4, 0.5) is 5.69 Å². The minimum Gasteiger partial charge on any atom is -0.497 e. The molecule has 0 aromatic heterocycles. The molecule has 0 heterocycles. The van der Waals surface area contributed by atoms with Gasteiger partial charge in [-0.3, -0.25) is 9.10 Å². The summed E-state index contributed by atoms with van der Waals surface area (Å²) in [5.41, 5.74) is 5.40. The highest BCUT2D eigenvalue weighted by Gasteiger charge is 2.27. The molecule has 0 atom stereocenters. The van der Waals surface area contributed by atoms with Crippen LogP contribution in [0.5, 0.6) is 11.5 Å². The zero-order chi connectivity index (χ0) is 28.5. The number of nitrogens with zero attached hydrogens (tertiary/aromatic N) is 2. The van der Waals surface area contributed by atoms with Gasteiger partial charge in [0.1, 0.15) is 24.7 Å². The van der Waals surface area contributed by atoms with Crippen LogP contribution in [0.25, 0.3) is 0 Å². The molecule has 0 aliphatic heterocycles. The predicted molar refractivity (Wildman–Crippen MR) is 157 cm³/mol. The number of benzene rings is 4. The smallest absolute Gasteiger partial charge is 0.264 e. The number of hydrogen-bond donors (Lipinski definition) is 1. The molecule has 10 heteroatoms. The van der Waals surface area contributed by atoms with Gasteiger partial charge in [0.25, 0.3) is 15.9 Å². The third kappa shape index (κ3) is 7.62. The van der Waals surface area contributed by atoms with Crippen molar-refractivity contribution < 1.29 is 22.7 Å². The number of carbonyl (C=O) groups is 1. The van der Waals surface area contributed by atoms with Crippen LogP contribution < -0.4 is 19.2 Å². The van der Waals surface area contributed by atoms with Crippen LogP contribution in [0.15, 0.2) is 107 Å². The van der Waals surface area contributed by atoms with Gasteiger partial charge in [-0.2, -0.15) is 5.10 Å². The van der Waals surface area contributed by atoms with Crippen LogP contribution in [0.2, 0.25) is 5.02 Å². The third-order valence-corrected chi connectivity index (χ3v) is 7.86. The van der Waals surface area contributed by atoms with Crippen molar-refractivity contribution in [3.8, 4) is 11.5 Å². The summed E-state index contributed by atoms with van der Waals surface area (Å²) in [6.07, 6.45) is 1.47. The molecule has 0 aliphatic carbocycles. The van der Waals surface area contributed by atoms with Crippen molar-refractivity contribution in [1.29, 1.82) is 0 Å². The maximum Gasteiger partial charge on any atom is 0.264 e. The number of aryl methyl sites for hydroxylation is 1. The van der Waals surface area contributed by atoms with Crippen molar-refractivity contribution in [2.45, 2.75) is 18.4 Å². The minimum atomic E-state index is -4.05. The number of carbonyl (C=O) groups excluding carboxylic acids is 1. The summed E-state index contributed by atoms with van der Waals surface area (Å²) in [4.78, 5) is 12.8. The first-order valence-electron chi connectivity index (χ1n) is 12.3. The number of methoxy groups -OCH3 is 1. The van der Waals surface area contributed by atoms with Crippen LogP contribution in [0.1, 0.15) is 16.7 Å². The Balaban J connectivity index is 1.41. The second-order valence-corrected chi connectivity index (χ2v) is 11.1. The number of sulfonamides is 1. The van der Waals surface area contributed by atoms with Gasteiger partial charge in [0, 0.05) is 5.02 Å². The van der Waals surface area contributed by atoms with E-state index in [0.717, 1.165) is 21.0 Å². The molecule has 0 bridgehead atoms. The molecule has 0 saturated carbocycles. The van der Waals surface area contributed by atoms with E-state index in [-0.39, 0.29) is 4.90 Å². The maximum absolute atomic E-state index is 13.5. The molecule has 40 heavy (non-hydrogen) atoms. The number of rotatable bonds is 11. The van der Waals surface area contributed by atoms with E-state index >= 15 is 0 Å². The molecule has 0 fully saturated rings. The highest BCUT2D eigenvalue weighted by molar-refractivity contribution is 7.92. The molecule has 0 unspecified atom stereocenters. The Morgan fingerprint density at radius 3 is 2.27 bits per heavy atom. The first-order valence-corrected chi connectivity index (χ1v) is 14.1. The largest absolute Gasteiger partial charge is 0.497 e. The quantitative estimate of drug-likeness (QED) is 0.185. The van der Waals surface area contributed by atoms with Crippen molar-refractivity contribution in [2.75, 3.05) is 18.0 Å². The van der Waals surface area contributed by atoms with E-state index in [0.29, 0.717) is 28.8 Å². The van der Waals surface area contributed by atoms with Crippen LogP contribution in [-0.4, -0.2) is 34.2 Å². The molecule has 4 aromatic carbocycles. The summed E-state index contributed by atoms with van der Waals surface area (Å²) < 4.78 is 38.9. The number of hydrogen-bond acceptors (Lipinski definition) is 6. The normalized spacial score (nSPS) is 11.3. The monoisotopic (exact) mass is 577 g/mol. The summed E-state index contributed by atoms with van der Waals surface area (Å²) in [5.74, 6) is 0.586.